The largest absolute Gasteiger partial charge is 0.482 e. The highest BCUT2D eigenvalue weighted by Crippen LogP contribution is 2.34. The molecule has 148 valence electrons. The van der Waals surface area contributed by atoms with E-state index in [4.69, 9.17) is 4.74 Å². The van der Waals surface area contributed by atoms with E-state index in [0.717, 1.165) is 26.1 Å². The maximum atomic E-state index is 12.6. The Morgan fingerprint density at radius 2 is 2.00 bits per heavy atom. The zero-order valence-electron chi connectivity index (χ0n) is 16.6. The van der Waals surface area contributed by atoms with Crippen LogP contribution in [0.1, 0.15) is 44.5 Å². The van der Waals surface area contributed by atoms with Crippen molar-refractivity contribution >= 4 is 23.3 Å². The van der Waals surface area contributed by atoms with Crippen LogP contribution in [0.4, 0.5) is 5.69 Å². The third kappa shape index (κ3) is 5.07. The lowest BCUT2D eigenvalue weighted by Gasteiger charge is -2.33. The highest BCUT2D eigenvalue weighted by atomic mass is 16.5. The van der Waals surface area contributed by atoms with E-state index in [0.29, 0.717) is 23.5 Å². The predicted molar refractivity (Wildman–Crippen MR) is 104 cm³/mol. The zero-order chi connectivity index (χ0) is 20.0. The minimum absolute atomic E-state index is 0.107. The van der Waals surface area contributed by atoms with Crippen molar-refractivity contribution in [2.75, 3.05) is 37.7 Å². The van der Waals surface area contributed by atoms with Gasteiger partial charge in [0, 0.05) is 12.1 Å². The van der Waals surface area contributed by atoms with Crippen molar-refractivity contribution in [3.63, 3.8) is 0 Å². The highest BCUT2D eigenvalue weighted by molar-refractivity contribution is 6.05. The minimum Gasteiger partial charge on any atom is -0.482 e. The molecule has 0 saturated heterocycles. The van der Waals surface area contributed by atoms with E-state index in [9.17, 15) is 14.4 Å². The van der Waals surface area contributed by atoms with Crippen LogP contribution in [0.15, 0.2) is 18.2 Å². The lowest BCUT2D eigenvalue weighted by Crippen LogP contribution is -2.51. The van der Waals surface area contributed by atoms with Gasteiger partial charge in [0.15, 0.2) is 12.4 Å². The molecule has 1 atom stereocenters. The van der Waals surface area contributed by atoms with E-state index >= 15 is 0 Å². The van der Waals surface area contributed by atoms with Gasteiger partial charge in [-0.1, -0.05) is 13.8 Å². The van der Waals surface area contributed by atoms with Gasteiger partial charge in [0.25, 0.3) is 5.91 Å². The van der Waals surface area contributed by atoms with E-state index < -0.39 is 6.04 Å². The summed E-state index contributed by atoms with van der Waals surface area (Å²) in [7, 11) is 0. The fourth-order valence-electron chi connectivity index (χ4n) is 3.13. The number of amides is 2. The van der Waals surface area contributed by atoms with Crippen LogP contribution in [0.3, 0.4) is 0 Å². The van der Waals surface area contributed by atoms with Crippen molar-refractivity contribution in [2.24, 2.45) is 0 Å². The van der Waals surface area contributed by atoms with Crippen LogP contribution in [0.5, 0.6) is 5.75 Å². The molecule has 0 saturated carbocycles. The summed E-state index contributed by atoms with van der Waals surface area (Å²) in [4.78, 5) is 40.4. The Hall–Kier alpha value is -2.41. The van der Waals surface area contributed by atoms with Crippen LogP contribution in [-0.2, 0) is 9.59 Å². The molecule has 1 aromatic rings. The number of nitrogens with one attached hydrogen (secondary N) is 1. The van der Waals surface area contributed by atoms with E-state index in [2.05, 4.69) is 24.1 Å². The van der Waals surface area contributed by atoms with Gasteiger partial charge in [-0.05, 0) is 58.1 Å². The van der Waals surface area contributed by atoms with E-state index in [-0.39, 0.29) is 24.2 Å². The van der Waals surface area contributed by atoms with Gasteiger partial charge in [0.05, 0.1) is 5.69 Å². The number of Topliss-reactive ketones (excluding diaryl/α,β-unsaturated/α-hetero) is 1. The molecule has 2 amide bonds. The fourth-order valence-corrected chi connectivity index (χ4v) is 3.13. The Kier molecular flexibility index (Phi) is 7.36. The molecule has 1 aliphatic rings. The maximum Gasteiger partial charge on any atom is 0.265 e. The fraction of sp³-hybridized carbons (Fsp3) is 0.550. The normalized spacial score (nSPS) is 14.6. The molecule has 1 aliphatic heterocycles. The lowest BCUT2D eigenvalue weighted by molar-refractivity contribution is -0.127. The highest BCUT2D eigenvalue weighted by Gasteiger charge is 2.33. The number of nitrogens with zero attached hydrogens (tertiary/aromatic N) is 2. The molecule has 0 fully saturated rings. The van der Waals surface area contributed by atoms with Crippen molar-refractivity contribution in [3.05, 3.63) is 23.8 Å². The number of ether oxygens (including phenoxy) is 1. The van der Waals surface area contributed by atoms with Gasteiger partial charge in [-0.2, -0.15) is 0 Å². The van der Waals surface area contributed by atoms with Gasteiger partial charge in [-0.15, -0.1) is 0 Å². The number of carbonyl (C=O) groups excluding carboxylic acids is 3. The molecule has 0 spiro atoms. The molecule has 7 heteroatoms. The molecule has 1 aromatic carbocycles. The second-order valence-corrected chi connectivity index (χ2v) is 6.64. The summed E-state index contributed by atoms with van der Waals surface area (Å²) in [5.41, 5.74) is 0.939. The smallest absolute Gasteiger partial charge is 0.265 e. The zero-order valence-corrected chi connectivity index (χ0v) is 16.6. The molecule has 2 rings (SSSR count). The molecule has 1 unspecified atom stereocenters. The predicted octanol–water partition coefficient (Wildman–Crippen LogP) is 1.85. The van der Waals surface area contributed by atoms with Gasteiger partial charge in [0.1, 0.15) is 11.8 Å². The third-order valence-corrected chi connectivity index (χ3v) is 4.86. The summed E-state index contributed by atoms with van der Waals surface area (Å²) >= 11 is 0. The Labute approximate surface area is 160 Å². The Bertz CT molecular complexity index is 700. The number of rotatable bonds is 9. The minimum atomic E-state index is -0.684. The van der Waals surface area contributed by atoms with Crippen LogP contribution >= 0.6 is 0 Å². The summed E-state index contributed by atoms with van der Waals surface area (Å²) < 4.78 is 5.44. The number of fused-ring (bicyclic) bond motifs is 1. The summed E-state index contributed by atoms with van der Waals surface area (Å²) in [6.45, 7) is 10.7. The second-order valence-electron chi connectivity index (χ2n) is 6.64. The average Bonchev–Trinajstić information content (AvgIpc) is 2.66. The topological polar surface area (TPSA) is 79.0 Å². The van der Waals surface area contributed by atoms with Crippen LogP contribution < -0.4 is 15.0 Å². The van der Waals surface area contributed by atoms with Crippen molar-refractivity contribution in [3.8, 4) is 5.75 Å². The van der Waals surface area contributed by atoms with Gasteiger partial charge in [-0.25, -0.2) is 0 Å². The molecule has 0 radical (unpaired) electrons. The molecule has 0 aromatic heterocycles. The molecule has 7 nitrogen and oxygen atoms in total. The summed E-state index contributed by atoms with van der Waals surface area (Å²) in [6, 6.07) is 4.25. The van der Waals surface area contributed by atoms with E-state index in [1.165, 1.54) is 11.8 Å². The van der Waals surface area contributed by atoms with E-state index in [1.54, 1.807) is 25.1 Å². The molecule has 27 heavy (non-hydrogen) atoms. The number of anilines is 1. The Balaban J connectivity index is 2.06. The van der Waals surface area contributed by atoms with Crippen molar-refractivity contribution in [2.45, 2.75) is 40.2 Å². The van der Waals surface area contributed by atoms with E-state index in [1.807, 2.05) is 0 Å². The standard InChI is InChI=1S/C20H29N3O4/c1-5-22(6-2)11-7-10-21-20(26)14(3)23-17-12-16(15(4)24)8-9-18(17)27-13-19(23)25/h8-9,12,14H,5-7,10-11,13H2,1-4H3,(H,21,26). The number of carbonyl (C=O) groups is 3. The SMILES string of the molecule is CCN(CC)CCCNC(=O)C(C)N1C(=O)COc2ccc(C(C)=O)cc21. The van der Waals surface area contributed by atoms with Crippen molar-refractivity contribution in [1.82, 2.24) is 10.2 Å². The van der Waals surface area contributed by atoms with Crippen LogP contribution in [0, 0.1) is 0 Å². The summed E-state index contributed by atoms with van der Waals surface area (Å²) in [6.07, 6.45) is 0.849. The van der Waals surface area contributed by atoms with Gasteiger partial charge in [0.2, 0.25) is 5.91 Å². The van der Waals surface area contributed by atoms with Crippen molar-refractivity contribution in [1.29, 1.82) is 0 Å². The number of hydrogen-bond acceptors (Lipinski definition) is 5. The van der Waals surface area contributed by atoms with Crippen LogP contribution in [0.2, 0.25) is 0 Å². The molecule has 0 aliphatic carbocycles. The lowest BCUT2D eigenvalue weighted by atomic mass is 10.1. The van der Waals surface area contributed by atoms with Gasteiger partial charge < -0.3 is 15.0 Å². The maximum absolute atomic E-state index is 12.6. The molecule has 1 heterocycles. The van der Waals surface area contributed by atoms with Gasteiger partial charge in [-0.3, -0.25) is 19.3 Å². The summed E-state index contributed by atoms with van der Waals surface area (Å²) in [5, 5.41) is 2.90. The Morgan fingerprint density at radius 3 is 2.63 bits per heavy atom. The first-order chi connectivity index (χ1) is 12.9. The first-order valence-electron chi connectivity index (χ1n) is 9.48. The summed E-state index contributed by atoms with van der Waals surface area (Å²) in [5.74, 6) is -0.122. The second kappa shape index (κ2) is 9.50. The average molecular weight is 375 g/mol. The molecule has 1 N–H and O–H groups in total. The number of benzene rings is 1. The van der Waals surface area contributed by atoms with Crippen molar-refractivity contribution < 1.29 is 19.1 Å². The third-order valence-electron chi connectivity index (χ3n) is 4.86. The molecule has 0 bridgehead atoms. The first-order valence-corrected chi connectivity index (χ1v) is 9.48. The number of ketones is 1. The van der Waals surface area contributed by atoms with Crippen LogP contribution in [0.25, 0.3) is 0 Å². The quantitative estimate of drug-likeness (QED) is 0.526. The molecular formula is C20H29N3O4. The molecular weight excluding hydrogens is 346 g/mol. The Morgan fingerprint density at radius 1 is 1.30 bits per heavy atom. The monoisotopic (exact) mass is 375 g/mol. The van der Waals surface area contributed by atoms with Gasteiger partial charge >= 0.3 is 0 Å². The number of hydrogen-bond donors (Lipinski definition) is 1. The first kappa shape index (κ1) is 20.9. The van der Waals surface area contributed by atoms with Crippen LogP contribution in [-0.4, -0.2) is 61.3 Å².